The van der Waals surface area contributed by atoms with E-state index in [2.05, 4.69) is 59.9 Å². The smallest absolute Gasteiger partial charge is 0.0997 e. The average molecular weight is 257 g/mol. The van der Waals surface area contributed by atoms with E-state index in [4.69, 9.17) is 0 Å². The van der Waals surface area contributed by atoms with Crippen LogP contribution in [0, 0.1) is 13.8 Å². The second-order valence-electron chi connectivity index (χ2n) is 5.05. The summed E-state index contributed by atoms with van der Waals surface area (Å²) < 4.78 is 2.13. The number of hydrogen-bond acceptors (Lipinski definition) is 2. The molecule has 0 aliphatic carbocycles. The highest BCUT2D eigenvalue weighted by molar-refractivity contribution is 5.38. The van der Waals surface area contributed by atoms with Gasteiger partial charge in [-0.15, -0.1) is 0 Å². The molecule has 0 saturated heterocycles. The van der Waals surface area contributed by atoms with Crippen molar-refractivity contribution in [2.45, 2.75) is 40.2 Å². The summed E-state index contributed by atoms with van der Waals surface area (Å²) >= 11 is 0. The Hall–Kier alpha value is -1.61. The maximum absolute atomic E-state index is 4.34. The van der Waals surface area contributed by atoms with Crippen LogP contribution in [0.3, 0.4) is 0 Å². The Kier molecular flexibility index (Phi) is 4.38. The molecule has 0 fully saturated rings. The molecule has 0 bridgehead atoms. The van der Waals surface area contributed by atoms with Crippen LogP contribution in [-0.2, 0) is 0 Å². The van der Waals surface area contributed by atoms with E-state index in [1.807, 2.05) is 13.3 Å². The first kappa shape index (κ1) is 13.8. The molecule has 0 radical (unpaired) electrons. The van der Waals surface area contributed by atoms with E-state index in [-0.39, 0.29) is 0 Å². The van der Waals surface area contributed by atoms with Crippen molar-refractivity contribution in [1.29, 1.82) is 0 Å². The fourth-order valence-corrected chi connectivity index (χ4v) is 2.16. The topological polar surface area (TPSA) is 29.9 Å². The standard InChI is InChI=1S/C16H23N3/c1-5-10-17-13(3)15-6-8-16(9-7-15)19-11-18-12(2)14(19)4/h6-9,11,13,17H,5,10H2,1-4H3. The zero-order valence-corrected chi connectivity index (χ0v) is 12.3. The zero-order chi connectivity index (χ0) is 13.8. The van der Waals surface area contributed by atoms with E-state index in [1.165, 1.54) is 16.9 Å². The van der Waals surface area contributed by atoms with Crippen LogP contribution in [0.5, 0.6) is 0 Å². The summed E-state index contributed by atoms with van der Waals surface area (Å²) in [7, 11) is 0. The van der Waals surface area contributed by atoms with Crippen molar-refractivity contribution >= 4 is 0 Å². The quantitative estimate of drug-likeness (QED) is 0.887. The maximum Gasteiger partial charge on any atom is 0.0997 e. The van der Waals surface area contributed by atoms with E-state index in [0.717, 1.165) is 18.7 Å². The van der Waals surface area contributed by atoms with Crippen molar-refractivity contribution in [2.24, 2.45) is 0 Å². The normalized spacial score (nSPS) is 12.6. The van der Waals surface area contributed by atoms with Crippen LogP contribution in [0.4, 0.5) is 0 Å². The summed E-state index contributed by atoms with van der Waals surface area (Å²) in [5.41, 5.74) is 4.78. The SMILES string of the molecule is CCCNC(C)c1ccc(-n2cnc(C)c2C)cc1. The average Bonchev–Trinajstić information content (AvgIpc) is 2.76. The van der Waals surface area contributed by atoms with Crippen LogP contribution in [0.15, 0.2) is 30.6 Å². The van der Waals surface area contributed by atoms with Crippen LogP contribution in [-0.4, -0.2) is 16.1 Å². The number of rotatable bonds is 5. The molecule has 0 aliphatic rings. The zero-order valence-electron chi connectivity index (χ0n) is 12.3. The van der Waals surface area contributed by atoms with Gasteiger partial charge in [0.2, 0.25) is 0 Å². The van der Waals surface area contributed by atoms with Crippen molar-refractivity contribution in [3.63, 3.8) is 0 Å². The van der Waals surface area contributed by atoms with Gasteiger partial charge in [0, 0.05) is 17.4 Å². The number of nitrogens with one attached hydrogen (secondary N) is 1. The lowest BCUT2D eigenvalue weighted by molar-refractivity contribution is 0.570. The molecular formula is C16H23N3. The van der Waals surface area contributed by atoms with Crippen molar-refractivity contribution in [1.82, 2.24) is 14.9 Å². The Bertz CT molecular complexity index is 525. The van der Waals surface area contributed by atoms with E-state index in [0.29, 0.717) is 6.04 Å². The second kappa shape index (κ2) is 6.02. The van der Waals surface area contributed by atoms with Gasteiger partial charge in [-0.25, -0.2) is 4.98 Å². The molecule has 0 amide bonds. The Morgan fingerprint density at radius 2 is 1.89 bits per heavy atom. The van der Waals surface area contributed by atoms with Crippen LogP contribution < -0.4 is 5.32 Å². The van der Waals surface area contributed by atoms with Gasteiger partial charge in [0.1, 0.15) is 0 Å². The number of hydrogen-bond donors (Lipinski definition) is 1. The molecule has 1 aromatic carbocycles. The molecule has 102 valence electrons. The van der Waals surface area contributed by atoms with Gasteiger partial charge >= 0.3 is 0 Å². The molecule has 0 aliphatic heterocycles. The summed E-state index contributed by atoms with van der Waals surface area (Å²) in [4.78, 5) is 4.34. The number of aryl methyl sites for hydroxylation is 1. The van der Waals surface area contributed by atoms with E-state index >= 15 is 0 Å². The maximum atomic E-state index is 4.34. The van der Waals surface area contributed by atoms with E-state index in [9.17, 15) is 0 Å². The predicted molar refractivity (Wildman–Crippen MR) is 79.7 cm³/mol. The molecule has 2 rings (SSSR count). The molecule has 1 aromatic heterocycles. The number of aromatic nitrogens is 2. The van der Waals surface area contributed by atoms with Crippen LogP contribution in [0.1, 0.15) is 43.3 Å². The summed E-state index contributed by atoms with van der Waals surface area (Å²) in [5, 5.41) is 3.50. The Labute approximate surface area is 115 Å². The molecule has 3 nitrogen and oxygen atoms in total. The first-order chi connectivity index (χ1) is 9.13. The third-order valence-corrected chi connectivity index (χ3v) is 3.62. The highest BCUT2D eigenvalue weighted by atomic mass is 15.1. The highest BCUT2D eigenvalue weighted by Gasteiger charge is 2.06. The van der Waals surface area contributed by atoms with Gasteiger partial charge in [-0.3, -0.25) is 0 Å². The largest absolute Gasteiger partial charge is 0.310 e. The van der Waals surface area contributed by atoms with Crippen LogP contribution in [0.25, 0.3) is 5.69 Å². The second-order valence-corrected chi connectivity index (χ2v) is 5.05. The van der Waals surface area contributed by atoms with Gasteiger partial charge in [-0.2, -0.15) is 0 Å². The minimum Gasteiger partial charge on any atom is -0.310 e. The summed E-state index contributed by atoms with van der Waals surface area (Å²) in [6, 6.07) is 9.11. The number of benzene rings is 1. The molecule has 1 unspecified atom stereocenters. The summed E-state index contributed by atoms with van der Waals surface area (Å²) in [6.45, 7) is 9.59. The molecule has 1 N–H and O–H groups in total. The molecule has 2 aromatic rings. The molecule has 3 heteroatoms. The molecule has 0 saturated carbocycles. The Morgan fingerprint density at radius 1 is 1.21 bits per heavy atom. The molecule has 1 heterocycles. The minimum atomic E-state index is 0.402. The van der Waals surface area contributed by atoms with Gasteiger partial charge in [-0.1, -0.05) is 19.1 Å². The third-order valence-electron chi connectivity index (χ3n) is 3.62. The van der Waals surface area contributed by atoms with Gasteiger partial charge in [0.15, 0.2) is 0 Å². The van der Waals surface area contributed by atoms with Crippen molar-refractivity contribution in [3.05, 3.63) is 47.5 Å². The van der Waals surface area contributed by atoms with Crippen LogP contribution in [0.2, 0.25) is 0 Å². The lowest BCUT2D eigenvalue weighted by Gasteiger charge is -2.14. The first-order valence-corrected chi connectivity index (χ1v) is 6.97. The lowest BCUT2D eigenvalue weighted by Crippen LogP contribution is -2.19. The fourth-order valence-electron chi connectivity index (χ4n) is 2.16. The summed E-state index contributed by atoms with van der Waals surface area (Å²) in [6.07, 6.45) is 3.05. The van der Waals surface area contributed by atoms with Crippen molar-refractivity contribution in [3.8, 4) is 5.69 Å². The summed E-state index contributed by atoms with van der Waals surface area (Å²) in [5.74, 6) is 0. The lowest BCUT2D eigenvalue weighted by atomic mass is 10.1. The van der Waals surface area contributed by atoms with Crippen molar-refractivity contribution < 1.29 is 0 Å². The molecular weight excluding hydrogens is 234 g/mol. The minimum absolute atomic E-state index is 0.402. The number of nitrogens with zero attached hydrogens (tertiary/aromatic N) is 2. The predicted octanol–water partition coefficient (Wildman–Crippen LogP) is 3.55. The van der Waals surface area contributed by atoms with Crippen molar-refractivity contribution in [2.75, 3.05) is 6.54 Å². The Morgan fingerprint density at radius 3 is 2.42 bits per heavy atom. The van der Waals surface area contributed by atoms with Gasteiger partial charge in [-0.05, 0) is 51.4 Å². The van der Waals surface area contributed by atoms with Gasteiger partial charge < -0.3 is 9.88 Å². The van der Waals surface area contributed by atoms with E-state index in [1.54, 1.807) is 0 Å². The Balaban J connectivity index is 2.16. The van der Waals surface area contributed by atoms with Crippen LogP contribution >= 0.6 is 0 Å². The highest BCUT2D eigenvalue weighted by Crippen LogP contribution is 2.18. The molecule has 1 atom stereocenters. The first-order valence-electron chi connectivity index (χ1n) is 6.97. The molecule has 0 spiro atoms. The number of imidazole rings is 1. The monoisotopic (exact) mass is 257 g/mol. The van der Waals surface area contributed by atoms with Gasteiger partial charge in [0.25, 0.3) is 0 Å². The third kappa shape index (κ3) is 3.04. The fraction of sp³-hybridized carbons (Fsp3) is 0.438. The van der Waals surface area contributed by atoms with Gasteiger partial charge in [0.05, 0.1) is 12.0 Å². The van der Waals surface area contributed by atoms with E-state index < -0.39 is 0 Å². The molecule has 19 heavy (non-hydrogen) atoms.